The van der Waals surface area contributed by atoms with Crippen molar-refractivity contribution in [3.8, 4) is 0 Å². The number of hydrogen-bond donors (Lipinski definition) is 0. The Labute approximate surface area is 122 Å². The molecule has 2 fully saturated rings. The maximum atomic E-state index is 12.1. The van der Waals surface area contributed by atoms with Crippen molar-refractivity contribution >= 4 is 10.0 Å². The van der Waals surface area contributed by atoms with Gasteiger partial charge in [0.25, 0.3) is 0 Å². The van der Waals surface area contributed by atoms with Gasteiger partial charge in [0.15, 0.2) is 0 Å². The third-order valence-electron chi connectivity index (χ3n) is 3.98. The van der Waals surface area contributed by atoms with Gasteiger partial charge in [0.2, 0.25) is 10.0 Å². The van der Waals surface area contributed by atoms with Gasteiger partial charge in [0.05, 0.1) is 25.6 Å². The molecule has 6 nitrogen and oxygen atoms in total. The van der Waals surface area contributed by atoms with Crippen LogP contribution in [0.3, 0.4) is 0 Å². The molecule has 0 N–H and O–H groups in total. The minimum absolute atomic E-state index is 0.129. The fourth-order valence-electron chi connectivity index (χ4n) is 3.07. The van der Waals surface area contributed by atoms with Gasteiger partial charge in [-0.25, -0.2) is 8.42 Å². The van der Waals surface area contributed by atoms with E-state index in [0.29, 0.717) is 38.8 Å². The molecule has 0 aromatic heterocycles. The summed E-state index contributed by atoms with van der Waals surface area (Å²) in [6.45, 7) is 5.12. The van der Waals surface area contributed by atoms with Crippen molar-refractivity contribution in [1.82, 2.24) is 9.21 Å². The highest BCUT2D eigenvalue weighted by Crippen LogP contribution is 2.33. The van der Waals surface area contributed by atoms with Gasteiger partial charge in [-0.15, -0.1) is 0 Å². The predicted octanol–water partition coefficient (Wildman–Crippen LogP) is 0.00520. The molecular weight excluding hydrogens is 280 g/mol. The number of hydrogen-bond acceptors (Lipinski definition) is 5. The Morgan fingerprint density at radius 2 is 2.15 bits per heavy atom. The zero-order valence-corrected chi connectivity index (χ0v) is 13.5. The number of ether oxygens (including phenoxy) is 2. The van der Waals surface area contributed by atoms with Crippen LogP contribution in [0.5, 0.6) is 0 Å². The lowest BCUT2D eigenvalue weighted by atomic mass is 9.94. The van der Waals surface area contributed by atoms with Gasteiger partial charge in [-0.05, 0) is 33.4 Å². The largest absolute Gasteiger partial charge is 0.377 e. The predicted molar refractivity (Wildman–Crippen MR) is 77.2 cm³/mol. The van der Waals surface area contributed by atoms with E-state index < -0.39 is 15.6 Å². The maximum absolute atomic E-state index is 12.1. The molecule has 20 heavy (non-hydrogen) atoms. The molecule has 2 saturated heterocycles. The summed E-state index contributed by atoms with van der Waals surface area (Å²) in [7, 11) is 0.903. The molecule has 0 amide bonds. The molecule has 7 heteroatoms. The molecule has 2 rings (SSSR count). The van der Waals surface area contributed by atoms with Crippen LogP contribution >= 0.6 is 0 Å². The van der Waals surface area contributed by atoms with Crippen LogP contribution in [0.4, 0.5) is 0 Å². The van der Waals surface area contributed by atoms with E-state index in [1.807, 2.05) is 14.1 Å². The van der Waals surface area contributed by atoms with E-state index in [-0.39, 0.29) is 5.75 Å². The normalized spacial score (nSPS) is 32.9. The molecule has 1 spiro atoms. The summed E-state index contributed by atoms with van der Waals surface area (Å²) >= 11 is 0. The first-order valence-electron chi connectivity index (χ1n) is 7.21. The molecule has 0 saturated carbocycles. The smallest absolute Gasteiger partial charge is 0.214 e. The average molecular weight is 306 g/mol. The summed E-state index contributed by atoms with van der Waals surface area (Å²) in [6, 6.07) is 0. The van der Waals surface area contributed by atoms with Crippen LogP contribution in [0.1, 0.15) is 13.3 Å². The molecule has 2 unspecified atom stereocenters. The fraction of sp³-hybridized carbons (Fsp3) is 1.00. The van der Waals surface area contributed by atoms with Crippen molar-refractivity contribution in [2.45, 2.75) is 18.9 Å². The second kappa shape index (κ2) is 6.27. The second-order valence-corrected chi connectivity index (χ2v) is 8.37. The molecular formula is C13H26N2O4S. The quantitative estimate of drug-likeness (QED) is 0.732. The summed E-state index contributed by atoms with van der Waals surface area (Å²) in [5, 5.41) is 0. The SMILES string of the molecule is CCS(=O)(=O)N1CCOCC2(CC(CN(C)C)CO2)C1. The van der Waals surface area contributed by atoms with E-state index in [1.54, 1.807) is 6.92 Å². The molecule has 0 bridgehead atoms. The van der Waals surface area contributed by atoms with Crippen LogP contribution in [0.25, 0.3) is 0 Å². The van der Waals surface area contributed by atoms with E-state index >= 15 is 0 Å². The van der Waals surface area contributed by atoms with Crippen molar-refractivity contribution in [2.75, 3.05) is 59.3 Å². The van der Waals surface area contributed by atoms with E-state index in [2.05, 4.69) is 4.90 Å². The molecule has 0 radical (unpaired) electrons. The number of sulfonamides is 1. The molecule has 2 heterocycles. The van der Waals surface area contributed by atoms with Crippen LogP contribution in [0.2, 0.25) is 0 Å². The number of rotatable bonds is 4. The molecule has 2 atom stereocenters. The van der Waals surface area contributed by atoms with E-state index in [4.69, 9.17) is 9.47 Å². The molecule has 118 valence electrons. The first-order chi connectivity index (χ1) is 9.37. The zero-order chi connectivity index (χ0) is 14.8. The van der Waals surface area contributed by atoms with Crippen molar-refractivity contribution in [3.63, 3.8) is 0 Å². The Kier molecular flexibility index (Phi) is 5.07. The Morgan fingerprint density at radius 1 is 1.40 bits per heavy atom. The Hall–Kier alpha value is -0.210. The lowest BCUT2D eigenvalue weighted by Crippen LogP contribution is -2.46. The van der Waals surface area contributed by atoms with E-state index in [1.165, 1.54) is 4.31 Å². The second-order valence-electron chi connectivity index (χ2n) is 6.11. The highest BCUT2D eigenvalue weighted by atomic mass is 32.2. The minimum Gasteiger partial charge on any atom is -0.377 e. The van der Waals surface area contributed by atoms with E-state index in [9.17, 15) is 8.42 Å². The van der Waals surface area contributed by atoms with Gasteiger partial charge < -0.3 is 14.4 Å². The summed E-state index contributed by atoms with van der Waals surface area (Å²) in [5.41, 5.74) is -0.459. The third-order valence-corrected chi connectivity index (χ3v) is 5.81. The molecule has 0 aromatic rings. The summed E-state index contributed by atoms with van der Waals surface area (Å²) < 4.78 is 37.4. The monoisotopic (exact) mass is 306 g/mol. The van der Waals surface area contributed by atoms with Crippen LogP contribution in [-0.2, 0) is 19.5 Å². The van der Waals surface area contributed by atoms with Crippen LogP contribution in [0.15, 0.2) is 0 Å². The minimum atomic E-state index is -3.19. The lowest BCUT2D eigenvalue weighted by molar-refractivity contribution is -0.0512. The van der Waals surface area contributed by atoms with Gasteiger partial charge in [0.1, 0.15) is 5.60 Å². The lowest BCUT2D eigenvalue weighted by Gasteiger charge is -2.30. The zero-order valence-electron chi connectivity index (χ0n) is 12.7. The Morgan fingerprint density at radius 3 is 2.80 bits per heavy atom. The summed E-state index contributed by atoms with van der Waals surface area (Å²) in [6.07, 6.45) is 0.862. The highest BCUT2D eigenvalue weighted by molar-refractivity contribution is 7.89. The Bertz CT molecular complexity index is 426. The summed E-state index contributed by atoms with van der Waals surface area (Å²) in [5.74, 6) is 0.572. The fourth-order valence-corrected chi connectivity index (χ4v) is 4.22. The summed E-state index contributed by atoms with van der Waals surface area (Å²) in [4.78, 5) is 2.14. The molecule has 2 aliphatic rings. The first kappa shape index (κ1) is 16.2. The van der Waals surface area contributed by atoms with Crippen molar-refractivity contribution in [2.24, 2.45) is 5.92 Å². The van der Waals surface area contributed by atoms with Crippen LogP contribution in [-0.4, -0.2) is 82.5 Å². The molecule has 2 aliphatic heterocycles. The Balaban J connectivity index is 2.07. The highest BCUT2D eigenvalue weighted by Gasteiger charge is 2.45. The van der Waals surface area contributed by atoms with Gasteiger partial charge >= 0.3 is 0 Å². The van der Waals surface area contributed by atoms with Gasteiger partial charge in [0, 0.05) is 19.6 Å². The van der Waals surface area contributed by atoms with Crippen molar-refractivity contribution in [3.05, 3.63) is 0 Å². The topological polar surface area (TPSA) is 59.1 Å². The van der Waals surface area contributed by atoms with E-state index in [0.717, 1.165) is 13.0 Å². The van der Waals surface area contributed by atoms with Crippen molar-refractivity contribution in [1.29, 1.82) is 0 Å². The average Bonchev–Trinajstić information content (AvgIpc) is 2.62. The standard InChI is InChI=1S/C13H26N2O4S/c1-4-20(16,17)15-5-6-18-11-13(10-15)7-12(9-19-13)8-14(2)3/h12H,4-11H2,1-3H3. The van der Waals surface area contributed by atoms with Crippen LogP contribution < -0.4 is 0 Å². The van der Waals surface area contributed by atoms with Crippen molar-refractivity contribution < 1.29 is 17.9 Å². The van der Waals surface area contributed by atoms with Gasteiger partial charge in [-0.2, -0.15) is 4.31 Å². The molecule has 0 aromatic carbocycles. The van der Waals surface area contributed by atoms with Gasteiger partial charge in [-0.3, -0.25) is 0 Å². The first-order valence-corrected chi connectivity index (χ1v) is 8.82. The van der Waals surface area contributed by atoms with Crippen LogP contribution in [0, 0.1) is 5.92 Å². The maximum Gasteiger partial charge on any atom is 0.214 e. The third kappa shape index (κ3) is 3.71. The molecule has 0 aliphatic carbocycles. The number of nitrogens with zero attached hydrogens (tertiary/aromatic N) is 2. The van der Waals surface area contributed by atoms with Gasteiger partial charge in [-0.1, -0.05) is 0 Å².